The van der Waals surface area contributed by atoms with Crippen LogP contribution in [-0.4, -0.2) is 45.7 Å². The highest BCUT2D eigenvalue weighted by atomic mass is 16.5. The van der Waals surface area contributed by atoms with Crippen molar-refractivity contribution in [2.45, 2.75) is 0 Å². The van der Waals surface area contributed by atoms with Crippen LogP contribution >= 0.6 is 0 Å². The zero-order valence-corrected chi connectivity index (χ0v) is 20.3. The average Bonchev–Trinajstić information content (AvgIpc) is 2.92. The van der Waals surface area contributed by atoms with Crippen LogP contribution < -0.4 is 29.0 Å². The number of rotatable bonds is 9. The minimum absolute atomic E-state index is 0.514. The van der Waals surface area contributed by atoms with Gasteiger partial charge >= 0.3 is 0 Å². The molecule has 1 N–H and O–H groups in total. The lowest BCUT2D eigenvalue weighted by molar-refractivity contribution is 0.324. The second kappa shape index (κ2) is 10.6. The minimum atomic E-state index is 0.514. The highest BCUT2D eigenvalue weighted by Gasteiger charge is 2.16. The van der Waals surface area contributed by atoms with Crippen LogP contribution in [0.1, 0.15) is 0 Å². The van der Waals surface area contributed by atoms with Gasteiger partial charge < -0.3 is 29.0 Å². The summed E-state index contributed by atoms with van der Waals surface area (Å²) in [5.41, 5.74) is 4.26. The third-order valence-electron chi connectivity index (χ3n) is 5.50. The van der Waals surface area contributed by atoms with Crippen molar-refractivity contribution in [1.29, 1.82) is 0 Å². The molecule has 4 rings (SSSR count). The molecular formula is C27H27N3O5. The third-order valence-corrected chi connectivity index (χ3v) is 5.50. The lowest BCUT2D eigenvalue weighted by Gasteiger charge is -2.16. The van der Waals surface area contributed by atoms with Crippen LogP contribution in [0.5, 0.6) is 28.7 Å². The first-order valence-corrected chi connectivity index (χ1v) is 10.8. The number of hydrogen-bond donors (Lipinski definition) is 1. The number of anilines is 2. The number of nitrogens with one attached hydrogen (secondary N) is 1. The molecule has 1 heterocycles. The van der Waals surface area contributed by atoms with Gasteiger partial charge in [-0.05, 0) is 48.0 Å². The molecule has 8 heteroatoms. The van der Waals surface area contributed by atoms with E-state index in [1.165, 1.54) is 0 Å². The molecule has 0 aliphatic rings. The summed E-state index contributed by atoms with van der Waals surface area (Å²) in [6, 6.07) is 21.1. The van der Waals surface area contributed by atoms with E-state index in [0.29, 0.717) is 28.8 Å². The number of hydrogen-bond acceptors (Lipinski definition) is 8. The Bertz CT molecular complexity index is 1270. The fourth-order valence-corrected chi connectivity index (χ4v) is 3.71. The molecule has 4 aromatic rings. The van der Waals surface area contributed by atoms with E-state index < -0.39 is 0 Å². The summed E-state index contributed by atoms with van der Waals surface area (Å²) in [6.45, 7) is 0. The Morgan fingerprint density at radius 1 is 0.571 bits per heavy atom. The fourth-order valence-electron chi connectivity index (χ4n) is 3.71. The van der Waals surface area contributed by atoms with E-state index in [1.807, 2.05) is 66.7 Å². The molecule has 0 spiro atoms. The molecule has 0 atom stereocenters. The van der Waals surface area contributed by atoms with Crippen molar-refractivity contribution >= 4 is 11.5 Å². The van der Waals surface area contributed by atoms with Crippen LogP contribution in [0, 0.1) is 0 Å². The maximum Gasteiger partial charge on any atom is 0.203 e. The largest absolute Gasteiger partial charge is 0.497 e. The second-order valence-electron chi connectivity index (χ2n) is 7.49. The van der Waals surface area contributed by atoms with E-state index in [1.54, 1.807) is 35.5 Å². The van der Waals surface area contributed by atoms with Crippen molar-refractivity contribution in [2.24, 2.45) is 0 Å². The van der Waals surface area contributed by atoms with Crippen LogP contribution in [0.2, 0.25) is 0 Å². The van der Waals surface area contributed by atoms with Crippen molar-refractivity contribution in [3.63, 3.8) is 0 Å². The van der Waals surface area contributed by atoms with E-state index in [9.17, 15) is 0 Å². The summed E-state index contributed by atoms with van der Waals surface area (Å²) in [7, 11) is 8.00. The summed E-state index contributed by atoms with van der Waals surface area (Å²) >= 11 is 0. The van der Waals surface area contributed by atoms with Gasteiger partial charge in [-0.1, -0.05) is 12.1 Å². The fraction of sp³-hybridized carbons (Fsp3) is 0.185. The highest BCUT2D eigenvalue weighted by molar-refractivity contribution is 5.83. The molecule has 180 valence electrons. The van der Waals surface area contributed by atoms with Gasteiger partial charge in [0.2, 0.25) is 5.75 Å². The van der Waals surface area contributed by atoms with Crippen molar-refractivity contribution in [3.05, 3.63) is 66.7 Å². The van der Waals surface area contributed by atoms with Gasteiger partial charge in [-0.15, -0.1) is 10.2 Å². The molecule has 8 nitrogen and oxygen atoms in total. The van der Waals surface area contributed by atoms with Crippen molar-refractivity contribution < 1.29 is 23.7 Å². The predicted molar refractivity (Wildman–Crippen MR) is 135 cm³/mol. The van der Waals surface area contributed by atoms with E-state index in [2.05, 4.69) is 15.5 Å². The standard InChI is InChI=1S/C27H27N3O5/c1-31-20-10-6-17(7-11-20)22-16-25(29-30-26(22)18-8-12-21(32-2)13-9-18)28-19-14-23(33-3)27(35-5)24(15-19)34-4/h6-16H,1-5H3,(H,28,29). The van der Waals surface area contributed by atoms with Gasteiger partial charge in [0, 0.05) is 28.9 Å². The highest BCUT2D eigenvalue weighted by Crippen LogP contribution is 2.41. The van der Waals surface area contributed by atoms with Crippen LogP contribution in [0.3, 0.4) is 0 Å². The van der Waals surface area contributed by atoms with Gasteiger partial charge in [0.25, 0.3) is 0 Å². The average molecular weight is 474 g/mol. The zero-order valence-electron chi connectivity index (χ0n) is 20.3. The summed E-state index contributed by atoms with van der Waals surface area (Å²) < 4.78 is 27.0. The first kappa shape index (κ1) is 23.7. The normalized spacial score (nSPS) is 10.4. The van der Waals surface area contributed by atoms with Gasteiger partial charge in [0.15, 0.2) is 17.3 Å². The number of nitrogens with zero attached hydrogens (tertiary/aromatic N) is 2. The number of methoxy groups -OCH3 is 5. The molecule has 0 unspecified atom stereocenters. The quantitative estimate of drug-likeness (QED) is 0.336. The molecule has 35 heavy (non-hydrogen) atoms. The van der Waals surface area contributed by atoms with Gasteiger partial charge in [-0.3, -0.25) is 0 Å². The third kappa shape index (κ3) is 5.06. The summed E-state index contributed by atoms with van der Waals surface area (Å²) in [5, 5.41) is 12.3. The van der Waals surface area contributed by atoms with Gasteiger partial charge in [-0.25, -0.2) is 0 Å². The summed E-state index contributed by atoms with van der Waals surface area (Å²) in [6.07, 6.45) is 0. The maximum absolute atomic E-state index is 5.46. The second-order valence-corrected chi connectivity index (χ2v) is 7.49. The molecule has 0 saturated heterocycles. The smallest absolute Gasteiger partial charge is 0.203 e. The summed E-state index contributed by atoms with van der Waals surface area (Å²) in [5.74, 6) is 3.69. The molecule has 0 fully saturated rings. The van der Waals surface area contributed by atoms with E-state index in [4.69, 9.17) is 23.7 Å². The molecule has 0 saturated carbocycles. The van der Waals surface area contributed by atoms with E-state index >= 15 is 0 Å². The lowest BCUT2D eigenvalue weighted by Crippen LogP contribution is -2.01. The van der Waals surface area contributed by atoms with E-state index in [0.717, 1.165) is 33.9 Å². The van der Waals surface area contributed by atoms with Crippen molar-refractivity contribution in [2.75, 3.05) is 40.9 Å². The molecule has 0 bridgehead atoms. The molecule has 0 aliphatic heterocycles. The molecular weight excluding hydrogens is 446 g/mol. The van der Waals surface area contributed by atoms with Crippen LogP contribution in [-0.2, 0) is 0 Å². The van der Waals surface area contributed by atoms with Gasteiger partial charge in [-0.2, -0.15) is 0 Å². The van der Waals surface area contributed by atoms with Crippen LogP contribution in [0.15, 0.2) is 66.7 Å². The number of benzene rings is 3. The Morgan fingerprint density at radius 2 is 1.11 bits per heavy atom. The molecule has 1 aromatic heterocycles. The first-order valence-electron chi connectivity index (χ1n) is 10.8. The molecule has 0 amide bonds. The van der Waals surface area contributed by atoms with Crippen LogP contribution in [0.4, 0.5) is 11.5 Å². The van der Waals surface area contributed by atoms with Crippen LogP contribution in [0.25, 0.3) is 22.4 Å². The molecule has 0 aliphatic carbocycles. The lowest BCUT2D eigenvalue weighted by atomic mass is 9.99. The SMILES string of the molecule is COc1ccc(-c2cc(Nc3cc(OC)c(OC)c(OC)c3)nnc2-c2ccc(OC)cc2)cc1. The Labute approximate surface area is 204 Å². The van der Waals surface area contributed by atoms with E-state index in [-0.39, 0.29) is 0 Å². The molecule has 3 aromatic carbocycles. The number of aromatic nitrogens is 2. The van der Waals surface area contributed by atoms with Crippen molar-refractivity contribution in [3.8, 4) is 51.1 Å². The Hall–Kier alpha value is -4.46. The Morgan fingerprint density at radius 3 is 1.60 bits per heavy atom. The Kier molecular flexibility index (Phi) is 7.21. The predicted octanol–water partition coefficient (Wildman–Crippen LogP) is 5.60. The number of ether oxygens (including phenoxy) is 5. The topological polar surface area (TPSA) is 84.0 Å². The van der Waals surface area contributed by atoms with Gasteiger partial charge in [0.1, 0.15) is 17.2 Å². The van der Waals surface area contributed by atoms with Crippen molar-refractivity contribution in [1.82, 2.24) is 10.2 Å². The Balaban J connectivity index is 1.78. The summed E-state index contributed by atoms with van der Waals surface area (Å²) in [4.78, 5) is 0. The minimum Gasteiger partial charge on any atom is -0.497 e. The first-order chi connectivity index (χ1) is 17.1. The monoisotopic (exact) mass is 473 g/mol. The maximum atomic E-state index is 5.46. The molecule has 0 radical (unpaired) electrons. The van der Waals surface area contributed by atoms with Gasteiger partial charge in [0.05, 0.1) is 35.5 Å². The zero-order chi connectivity index (χ0) is 24.8.